The molecule has 2 fully saturated rings. The fourth-order valence-electron chi connectivity index (χ4n) is 3.32. The number of hydrogen-bond donors (Lipinski definition) is 1. The highest BCUT2D eigenvalue weighted by atomic mass is 16.5. The Bertz CT molecular complexity index is 538. The van der Waals surface area contributed by atoms with E-state index < -0.39 is 0 Å². The van der Waals surface area contributed by atoms with Gasteiger partial charge >= 0.3 is 6.03 Å². The van der Waals surface area contributed by atoms with Crippen LogP contribution in [0.1, 0.15) is 18.4 Å². The van der Waals surface area contributed by atoms with Crippen molar-refractivity contribution in [3.8, 4) is 0 Å². The Labute approximate surface area is 143 Å². The summed E-state index contributed by atoms with van der Waals surface area (Å²) >= 11 is 0. The van der Waals surface area contributed by atoms with Crippen LogP contribution in [0.15, 0.2) is 24.3 Å². The molecule has 2 saturated heterocycles. The number of amides is 2. The molecule has 2 aliphatic heterocycles. The van der Waals surface area contributed by atoms with Gasteiger partial charge in [0.05, 0.1) is 12.7 Å². The molecule has 2 aliphatic rings. The average molecular weight is 333 g/mol. The van der Waals surface area contributed by atoms with Crippen LogP contribution in [0.2, 0.25) is 0 Å². The van der Waals surface area contributed by atoms with Crippen molar-refractivity contribution in [2.24, 2.45) is 0 Å². The SMILES string of the molecule is COCc1cccc(NC(=O)N2CCN(CC3CCCO3)CC2)c1. The largest absolute Gasteiger partial charge is 0.380 e. The normalized spacial score (nSPS) is 21.9. The maximum Gasteiger partial charge on any atom is 0.321 e. The third kappa shape index (κ3) is 4.69. The van der Waals surface area contributed by atoms with E-state index in [1.807, 2.05) is 29.2 Å². The molecule has 2 amide bonds. The molecule has 1 aromatic rings. The van der Waals surface area contributed by atoms with Crippen LogP contribution in [0, 0.1) is 0 Å². The van der Waals surface area contributed by atoms with Gasteiger partial charge in [0.15, 0.2) is 0 Å². The van der Waals surface area contributed by atoms with Crippen molar-refractivity contribution in [2.75, 3.05) is 51.8 Å². The van der Waals surface area contributed by atoms with Crippen LogP contribution in [-0.2, 0) is 16.1 Å². The van der Waals surface area contributed by atoms with Gasteiger partial charge in [-0.25, -0.2) is 4.79 Å². The molecule has 0 spiro atoms. The van der Waals surface area contributed by atoms with Gasteiger partial charge in [0.2, 0.25) is 0 Å². The fraction of sp³-hybridized carbons (Fsp3) is 0.611. The summed E-state index contributed by atoms with van der Waals surface area (Å²) in [5.74, 6) is 0. The standard InChI is InChI=1S/C18H27N3O3/c1-23-14-15-4-2-5-16(12-15)19-18(22)21-9-7-20(8-10-21)13-17-6-3-11-24-17/h2,4-5,12,17H,3,6-11,13-14H2,1H3,(H,19,22). The lowest BCUT2D eigenvalue weighted by molar-refractivity contribution is 0.0572. The number of anilines is 1. The minimum atomic E-state index is -0.0265. The number of carbonyl (C=O) groups is 1. The Morgan fingerprint density at radius 1 is 1.33 bits per heavy atom. The number of piperazine rings is 1. The summed E-state index contributed by atoms with van der Waals surface area (Å²) in [6, 6.07) is 7.76. The lowest BCUT2D eigenvalue weighted by Gasteiger charge is -2.35. The van der Waals surface area contributed by atoms with E-state index in [0.29, 0.717) is 12.7 Å². The molecule has 1 unspecified atom stereocenters. The van der Waals surface area contributed by atoms with E-state index in [1.54, 1.807) is 7.11 Å². The second kappa shape index (κ2) is 8.46. The Morgan fingerprint density at radius 3 is 2.88 bits per heavy atom. The molecule has 0 bridgehead atoms. The Kier molecular flexibility index (Phi) is 6.07. The van der Waals surface area contributed by atoms with Crippen molar-refractivity contribution in [1.82, 2.24) is 9.80 Å². The van der Waals surface area contributed by atoms with Crippen molar-refractivity contribution < 1.29 is 14.3 Å². The first kappa shape index (κ1) is 17.2. The molecule has 0 radical (unpaired) electrons. The van der Waals surface area contributed by atoms with Crippen LogP contribution in [0.25, 0.3) is 0 Å². The number of methoxy groups -OCH3 is 1. The molecule has 3 rings (SSSR count). The van der Waals surface area contributed by atoms with Crippen molar-refractivity contribution >= 4 is 11.7 Å². The quantitative estimate of drug-likeness (QED) is 0.897. The van der Waals surface area contributed by atoms with E-state index in [0.717, 1.165) is 50.6 Å². The van der Waals surface area contributed by atoms with Crippen LogP contribution in [0.3, 0.4) is 0 Å². The first-order valence-electron chi connectivity index (χ1n) is 8.72. The number of benzene rings is 1. The van der Waals surface area contributed by atoms with E-state index in [1.165, 1.54) is 12.8 Å². The predicted molar refractivity (Wildman–Crippen MR) is 93.2 cm³/mol. The van der Waals surface area contributed by atoms with Crippen molar-refractivity contribution in [1.29, 1.82) is 0 Å². The molecule has 0 aliphatic carbocycles. The molecule has 0 aromatic heterocycles. The Morgan fingerprint density at radius 2 is 2.17 bits per heavy atom. The zero-order valence-electron chi connectivity index (χ0n) is 14.4. The van der Waals surface area contributed by atoms with Gasteiger partial charge in [0.25, 0.3) is 0 Å². The number of nitrogens with zero attached hydrogens (tertiary/aromatic N) is 2. The van der Waals surface area contributed by atoms with Gasteiger partial charge in [0, 0.05) is 52.1 Å². The molecular formula is C18H27N3O3. The molecule has 1 N–H and O–H groups in total. The smallest absolute Gasteiger partial charge is 0.321 e. The molecule has 24 heavy (non-hydrogen) atoms. The van der Waals surface area contributed by atoms with Crippen molar-refractivity contribution in [3.63, 3.8) is 0 Å². The summed E-state index contributed by atoms with van der Waals surface area (Å²) < 4.78 is 10.8. The highest BCUT2D eigenvalue weighted by Gasteiger charge is 2.24. The van der Waals surface area contributed by atoms with Crippen LogP contribution < -0.4 is 5.32 Å². The highest BCUT2D eigenvalue weighted by molar-refractivity contribution is 5.89. The minimum absolute atomic E-state index is 0.0265. The summed E-state index contributed by atoms with van der Waals surface area (Å²) in [6.45, 7) is 5.79. The molecular weight excluding hydrogens is 306 g/mol. The zero-order chi connectivity index (χ0) is 16.8. The molecule has 1 atom stereocenters. The van der Waals surface area contributed by atoms with Crippen LogP contribution in [0.5, 0.6) is 0 Å². The van der Waals surface area contributed by atoms with Gasteiger partial charge < -0.3 is 19.7 Å². The summed E-state index contributed by atoms with van der Waals surface area (Å²) in [5, 5.41) is 2.99. The van der Waals surface area contributed by atoms with Gasteiger partial charge in [-0.15, -0.1) is 0 Å². The van der Waals surface area contributed by atoms with Gasteiger partial charge in [-0.05, 0) is 30.5 Å². The van der Waals surface area contributed by atoms with Crippen molar-refractivity contribution in [2.45, 2.75) is 25.6 Å². The van der Waals surface area contributed by atoms with E-state index >= 15 is 0 Å². The summed E-state index contributed by atoms with van der Waals surface area (Å²) in [7, 11) is 1.67. The molecule has 0 saturated carbocycles. The lowest BCUT2D eigenvalue weighted by atomic mass is 10.2. The second-order valence-electron chi connectivity index (χ2n) is 6.49. The molecule has 2 heterocycles. The zero-order valence-corrected chi connectivity index (χ0v) is 14.4. The fourth-order valence-corrected chi connectivity index (χ4v) is 3.32. The summed E-state index contributed by atoms with van der Waals surface area (Å²) in [5.41, 5.74) is 1.87. The number of urea groups is 1. The summed E-state index contributed by atoms with van der Waals surface area (Å²) in [4.78, 5) is 16.7. The van der Waals surface area contributed by atoms with E-state index in [-0.39, 0.29) is 6.03 Å². The number of hydrogen-bond acceptors (Lipinski definition) is 4. The molecule has 1 aromatic carbocycles. The van der Waals surface area contributed by atoms with Gasteiger partial charge in [-0.2, -0.15) is 0 Å². The number of carbonyl (C=O) groups excluding carboxylic acids is 1. The van der Waals surface area contributed by atoms with Gasteiger partial charge in [-0.1, -0.05) is 12.1 Å². The first-order chi connectivity index (χ1) is 11.7. The first-order valence-corrected chi connectivity index (χ1v) is 8.72. The molecule has 6 heteroatoms. The Balaban J connectivity index is 1.45. The average Bonchev–Trinajstić information content (AvgIpc) is 3.09. The number of ether oxygens (including phenoxy) is 2. The molecule has 6 nitrogen and oxygen atoms in total. The topological polar surface area (TPSA) is 54.0 Å². The third-order valence-electron chi connectivity index (χ3n) is 4.63. The second-order valence-corrected chi connectivity index (χ2v) is 6.49. The van der Waals surface area contributed by atoms with E-state index in [2.05, 4.69) is 10.2 Å². The summed E-state index contributed by atoms with van der Waals surface area (Å²) in [6.07, 6.45) is 2.72. The van der Waals surface area contributed by atoms with Crippen LogP contribution in [-0.4, -0.2) is 68.4 Å². The van der Waals surface area contributed by atoms with Crippen LogP contribution >= 0.6 is 0 Å². The maximum absolute atomic E-state index is 12.4. The predicted octanol–water partition coefficient (Wildman–Crippen LogP) is 2.16. The van der Waals surface area contributed by atoms with E-state index in [9.17, 15) is 4.79 Å². The third-order valence-corrected chi connectivity index (χ3v) is 4.63. The monoisotopic (exact) mass is 333 g/mol. The highest BCUT2D eigenvalue weighted by Crippen LogP contribution is 2.16. The van der Waals surface area contributed by atoms with Gasteiger partial charge in [0.1, 0.15) is 0 Å². The maximum atomic E-state index is 12.4. The molecule has 132 valence electrons. The lowest BCUT2D eigenvalue weighted by Crippen LogP contribution is -2.51. The van der Waals surface area contributed by atoms with Crippen LogP contribution in [0.4, 0.5) is 10.5 Å². The number of nitrogens with one attached hydrogen (secondary N) is 1. The van der Waals surface area contributed by atoms with Gasteiger partial charge in [-0.3, -0.25) is 4.90 Å². The Hall–Kier alpha value is -1.63. The van der Waals surface area contributed by atoms with Crippen molar-refractivity contribution in [3.05, 3.63) is 29.8 Å². The minimum Gasteiger partial charge on any atom is -0.380 e. The van der Waals surface area contributed by atoms with E-state index in [4.69, 9.17) is 9.47 Å². The number of rotatable bonds is 5.